The van der Waals surface area contributed by atoms with Gasteiger partial charge in [-0.3, -0.25) is 0 Å². The zero-order chi connectivity index (χ0) is 9.97. The molecule has 1 aliphatic heterocycles. The second-order valence-corrected chi connectivity index (χ2v) is 4.27. The lowest BCUT2D eigenvalue weighted by Crippen LogP contribution is -2.04. The van der Waals surface area contributed by atoms with E-state index in [-0.39, 0.29) is 0 Å². The largest absolute Gasteiger partial charge is 0.307 e. The van der Waals surface area contributed by atoms with Crippen molar-refractivity contribution in [2.24, 2.45) is 0 Å². The van der Waals surface area contributed by atoms with Crippen LogP contribution in [-0.4, -0.2) is 16.2 Å². The van der Waals surface area contributed by atoms with Crippen LogP contribution in [0, 0.1) is 0 Å². The molecule has 1 N–H and O–H groups in total. The summed E-state index contributed by atoms with van der Waals surface area (Å²) in [5, 5.41) is 3.32. The molecule has 1 aromatic rings. The molecule has 0 radical (unpaired) electrons. The van der Waals surface area contributed by atoms with Crippen LogP contribution >= 0.6 is 11.8 Å². The number of hydrogen-bond acceptors (Lipinski definition) is 4. The molecule has 1 aliphatic rings. The lowest BCUT2D eigenvalue weighted by Gasteiger charge is -2.06. The van der Waals surface area contributed by atoms with Gasteiger partial charge in [0, 0.05) is 24.3 Å². The molecule has 0 unspecified atom stereocenters. The number of aryl methyl sites for hydroxylation is 1. The highest BCUT2D eigenvalue weighted by atomic mass is 32.2. The predicted octanol–water partition coefficient (Wildman–Crippen LogP) is 1.51. The molecule has 4 heteroatoms. The van der Waals surface area contributed by atoms with Gasteiger partial charge in [-0.1, -0.05) is 6.92 Å². The van der Waals surface area contributed by atoms with Gasteiger partial charge in [-0.2, -0.15) is 11.8 Å². The van der Waals surface area contributed by atoms with Crippen molar-refractivity contribution in [1.82, 2.24) is 15.3 Å². The molecule has 0 atom stereocenters. The van der Waals surface area contributed by atoms with Crippen molar-refractivity contribution in [3.63, 3.8) is 0 Å². The van der Waals surface area contributed by atoms with Crippen molar-refractivity contribution >= 4 is 11.8 Å². The summed E-state index contributed by atoms with van der Waals surface area (Å²) in [7, 11) is 0. The van der Waals surface area contributed by atoms with Crippen molar-refractivity contribution in [2.75, 3.05) is 6.26 Å². The van der Waals surface area contributed by atoms with Gasteiger partial charge in [0.05, 0.1) is 11.4 Å². The molecule has 0 bridgehead atoms. The Labute approximate surface area is 88.7 Å². The molecule has 0 amide bonds. The molecule has 0 saturated carbocycles. The molecule has 0 aromatic carbocycles. The molecule has 0 spiro atoms. The van der Waals surface area contributed by atoms with Gasteiger partial charge in [-0.05, 0) is 12.7 Å². The third-order valence-corrected chi connectivity index (χ3v) is 2.97. The highest BCUT2D eigenvalue weighted by Gasteiger charge is 2.17. The number of aromatic nitrogens is 2. The highest BCUT2D eigenvalue weighted by Crippen LogP contribution is 2.18. The van der Waals surface area contributed by atoms with Crippen molar-refractivity contribution in [2.45, 2.75) is 32.2 Å². The van der Waals surface area contributed by atoms with Gasteiger partial charge in [0.15, 0.2) is 0 Å². The van der Waals surface area contributed by atoms with Crippen LogP contribution in [0.4, 0.5) is 0 Å². The minimum Gasteiger partial charge on any atom is -0.307 e. The van der Waals surface area contributed by atoms with Crippen LogP contribution < -0.4 is 5.32 Å². The Bertz CT molecular complexity index is 338. The number of hydrogen-bond donors (Lipinski definition) is 1. The van der Waals surface area contributed by atoms with Crippen LogP contribution in [0.25, 0.3) is 0 Å². The predicted molar refractivity (Wildman–Crippen MR) is 59.2 cm³/mol. The fourth-order valence-corrected chi connectivity index (χ4v) is 2.17. The third-order valence-electron chi connectivity index (χ3n) is 2.43. The van der Waals surface area contributed by atoms with E-state index in [0.29, 0.717) is 0 Å². The standard InChI is InChI=1S/C10H15N3S/c1-3-8-7-4-11-5-9(7)13-10(12-8)6-14-2/h11H,3-6H2,1-2H3. The zero-order valence-corrected chi connectivity index (χ0v) is 9.45. The van der Waals surface area contributed by atoms with E-state index in [0.717, 1.165) is 31.1 Å². The molecule has 0 saturated heterocycles. The van der Waals surface area contributed by atoms with Crippen LogP contribution in [0.15, 0.2) is 0 Å². The van der Waals surface area contributed by atoms with E-state index in [1.807, 2.05) is 0 Å². The van der Waals surface area contributed by atoms with E-state index in [2.05, 4.69) is 28.5 Å². The summed E-state index contributed by atoms with van der Waals surface area (Å²) in [6, 6.07) is 0. The topological polar surface area (TPSA) is 37.8 Å². The fraction of sp³-hybridized carbons (Fsp3) is 0.600. The third kappa shape index (κ3) is 1.77. The first-order valence-electron chi connectivity index (χ1n) is 4.92. The number of nitrogens with zero attached hydrogens (tertiary/aromatic N) is 2. The van der Waals surface area contributed by atoms with Gasteiger partial charge in [-0.25, -0.2) is 9.97 Å². The van der Waals surface area contributed by atoms with Crippen LogP contribution in [0.2, 0.25) is 0 Å². The Morgan fingerprint density at radius 2 is 2.21 bits per heavy atom. The number of nitrogens with one attached hydrogen (secondary N) is 1. The van der Waals surface area contributed by atoms with Crippen LogP contribution in [-0.2, 0) is 25.3 Å². The average molecular weight is 209 g/mol. The van der Waals surface area contributed by atoms with E-state index in [1.54, 1.807) is 11.8 Å². The van der Waals surface area contributed by atoms with E-state index in [4.69, 9.17) is 0 Å². The first-order chi connectivity index (χ1) is 6.85. The van der Waals surface area contributed by atoms with Gasteiger partial charge in [0.25, 0.3) is 0 Å². The van der Waals surface area contributed by atoms with Crippen molar-refractivity contribution in [3.05, 3.63) is 22.8 Å². The Morgan fingerprint density at radius 3 is 2.93 bits per heavy atom. The number of fused-ring (bicyclic) bond motifs is 1. The molecule has 0 fully saturated rings. The minimum absolute atomic E-state index is 0.909. The second-order valence-electron chi connectivity index (χ2n) is 3.40. The summed E-state index contributed by atoms with van der Waals surface area (Å²) in [6.45, 7) is 4.01. The number of thioether (sulfide) groups is 1. The molecule has 2 heterocycles. The summed E-state index contributed by atoms with van der Waals surface area (Å²) in [4.78, 5) is 9.14. The molecule has 2 rings (SSSR count). The maximum atomic E-state index is 4.58. The maximum Gasteiger partial charge on any atom is 0.138 e. The van der Waals surface area contributed by atoms with Gasteiger partial charge in [0.1, 0.15) is 5.82 Å². The molecule has 76 valence electrons. The second kappa shape index (κ2) is 4.28. The summed E-state index contributed by atoms with van der Waals surface area (Å²) in [5.74, 6) is 1.90. The molecule has 3 nitrogen and oxygen atoms in total. The molecular formula is C10H15N3S. The lowest BCUT2D eigenvalue weighted by atomic mass is 10.1. The first-order valence-corrected chi connectivity index (χ1v) is 6.31. The Kier molecular flexibility index (Phi) is 3.03. The quantitative estimate of drug-likeness (QED) is 0.819. The molecule has 1 aromatic heterocycles. The fourth-order valence-electron chi connectivity index (χ4n) is 1.78. The van der Waals surface area contributed by atoms with Crippen molar-refractivity contribution in [3.8, 4) is 0 Å². The van der Waals surface area contributed by atoms with E-state index < -0.39 is 0 Å². The Morgan fingerprint density at radius 1 is 1.36 bits per heavy atom. The monoisotopic (exact) mass is 209 g/mol. The summed E-state index contributed by atoms with van der Waals surface area (Å²) in [6.07, 6.45) is 3.09. The van der Waals surface area contributed by atoms with Gasteiger partial charge >= 0.3 is 0 Å². The molecule has 14 heavy (non-hydrogen) atoms. The van der Waals surface area contributed by atoms with Crippen LogP contribution in [0.1, 0.15) is 29.7 Å². The minimum atomic E-state index is 0.909. The maximum absolute atomic E-state index is 4.58. The van der Waals surface area contributed by atoms with Crippen molar-refractivity contribution < 1.29 is 0 Å². The summed E-state index contributed by atoms with van der Waals surface area (Å²) < 4.78 is 0. The Hall–Kier alpha value is -0.610. The highest BCUT2D eigenvalue weighted by molar-refractivity contribution is 7.97. The first kappa shape index (κ1) is 9.93. The van der Waals surface area contributed by atoms with E-state index in [1.165, 1.54) is 17.0 Å². The lowest BCUT2D eigenvalue weighted by molar-refractivity contribution is 0.755. The van der Waals surface area contributed by atoms with Crippen molar-refractivity contribution in [1.29, 1.82) is 0 Å². The summed E-state index contributed by atoms with van der Waals surface area (Å²) >= 11 is 1.77. The zero-order valence-electron chi connectivity index (χ0n) is 8.63. The van der Waals surface area contributed by atoms with Gasteiger partial charge in [0.2, 0.25) is 0 Å². The Balaban J connectivity index is 2.39. The average Bonchev–Trinajstić information content (AvgIpc) is 2.65. The van der Waals surface area contributed by atoms with E-state index in [9.17, 15) is 0 Å². The van der Waals surface area contributed by atoms with Crippen LogP contribution in [0.3, 0.4) is 0 Å². The smallest absolute Gasteiger partial charge is 0.138 e. The van der Waals surface area contributed by atoms with Gasteiger partial charge < -0.3 is 5.32 Å². The van der Waals surface area contributed by atoms with Gasteiger partial charge in [-0.15, -0.1) is 0 Å². The van der Waals surface area contributed by atoms with E-state index >= 15 is 0 Å². The SMILES string of the molecule is CCc1nc(CSC)nc2c1CNC2. The molecule has 0 aliphatic carbocycles. The normalized spacial score (nSPS) is 14.4. The molecular weight excluding hydrogens is 194 g/mol. The summed E-state index contributed by atoms with van der Waals surface area (Å²) in [5.41, 5.74) is 3.77. The van der Waals surface area contributed by atoms with Crippen LogP contribution in [0.5, 0.6) is 0 Å². The number of rotatable bonds is 3.